The van der Waals surface area contributed by atoms with Crippen LogP contribution in [-0.4, -0.2) is 0 Å². The van der Waals surface area contributed by atoms with Gasteiger partial charge in [0.2, 0.25) is 0 Å². The Morgan fingerprint density at radius 3 is 2.31 bits per heavy atom. The van der Waals surface area contributed by atoms with Crippen LogP contribution in [0.25, 0.3) is 0 Å². The van der Waals surface area contributed by atoms with Crippen LogP contribution in [0.15, 0.2) is 18.2 Å². The monoisotopic (exact) mass is 248 g/mol. The van der Waals surface area contributed by atoms with Gasteiger partial charge in [-0.3, -0.25) is 0 Å². The maximum absolute atomic E-state index is 13.2. The number of alkyl halides is 1. The van der Waals surface area contributed by atoms with Crippen molar-refractivity contribution in [3.8, 4) is 0 Å². The van der Waals surface area contributed by atoms with Crippen LogP contribution in [0.4, 0.5) is 8.78 Å². The zero-order valence-electron chi connectivity index (χ0n) is 7.52. The number of benzene rings is 1. The van der Waals surface area contributed by atoms with Crippen LogP contribution in [0.5, 0.6) is 0 Å². The van der Waals surface area contributed by atoms with Gasteiger partial charge in [0.25, 0.3) is 0 Å². The smallest absolute Gasteiger partial charge is 0.130 e. The lowest BCUT2D eigenvalue weighted by Crippen LogP contribution is -2.01. The van der Waals surface area contributed by atoms with Crippen LogP contribution in [0.3, 0.4) is 0 Å². The van der Waals surface area contributed by atoms with Crippen molar-refractivity contribution in [1.82, 2.24) is 0 Å². The van der Waals surface area contributed by atoms with Crippen LogP contribution >= 0.6 is 15.9 Å². The molecule has 0 amide bonds. The third kappa shape index (κ3) is 2.50. The summed E-state index contributed by atoms with van der Waals surface area (Å²) in [6.45, 7) is 3.95. The second-order valence-electron chi connectivity index (χ2n) is 3.31. The van der Waals surface area contributed by atoms with E-state index in [1.165, 1.54) is 12.1 Å². The Morgan fingerprint density at radius 1 is 1.23 bits per heavy atom. The molecule has 0 N–H and O–H groups in total. The van der Waals surface area contributed by atoms with Gasteiger partial charge in [-0.2, -0.15) is 0 Å². The molecule has 0 bridgehead atoms. The average Bonchev–Trinajstić information content (AvgIpc) is 2.03. The summed E-state index contributed by atoms with van der Waals surface area (Å²) in [5.74, 6) is -0.750. The average molecular weight is 249 g/mol. The number of hydrogen-bond donors (Lipinski definition) is 0. The molecule has 0 saturated carbocycles. The highest BCUT2D eigenvalue weighted by Gasteiger charge is 2.16. The summed E-state index contributed by atoms with van der Waals surface area (Å²) in [7, 11) is 0. The number of halogens is 3. The third-order valence-corrected chi connectivity index (χ3v) is 3.40. The van der Waals surface area contributed by atoms with Crippen LogP contribution < -0.4 is 0 Å². The standard InChI is InChI=1S/C10H11BrF2/c1-6(2)10(11)8-4-3-7(12)5-9(8)13/h3-6,10H,1-2H3/t10-/m0/s1. The molecule has 72 valence electrons. The maximum atomic E-state index is 13.2. The van der Waals surface area contributed by atoms with E-state index in [4.69, 9.17) is 0 Å². The molecule has 3 heteroatoms. The minimum absolute atomic E-state index is 0.0619. The minimum atomic E-state index is -0.537. The summed E-state index contributed by atoms with van der Waals surface area (Å²) in [5.41, 5.74) is 0.511. The second kappa shape index (κ2) is 4.18. The van der Waals surface area contributed by atoms with Crippen molar-refractivity contribution >= 4 is 15.9 Å². The summed E-state index contributed by atoms with van der Waals surface area (Å²) < 4.78 is 25.7. The Kier molecular flexibility index (Phi) is 3.42. The highest BCUT2D eigenvalue weighted by Crippen LogP contribution is 2.32. The summed E-state index contributed by atoms with van der Waals surface area (Å²) in [6, 6.07) is 3.66. The number of rotatable bonds is 2. The summed E-state index contributed by atoms with van der Waals surface area (Å²) in [6.07, 6.45) is 0. The third-order valence-electron chi connectivity index (χ3n) is 1.84. The molecule has 0 unspecified atom stereocenters. The molecule has 0 nitrogen and oxygen atoms in total. The fourth-order valence-electron chi connectivity index (χ4n) is 1.08. The van der Waals surface area contributed by atoms with E-state index < -0.39 is 11.6 Å². The fraction of sp³-hybridized carbons (Fsp3) is 0.400. The molecule has 0 fully saturated rings. The van der Waals surface area contributed by atoms with Crippen LogP contribution in [0.1, 0.15) is 24.2 Å². The Labute approximate surface area is 85.1 Å². The lowest BCUT2D eigenvalue weighted by atomic mass is 10.0. The zero-order valence-corrected chi connectivity index (χ0v) is 9.11. The fourth-order valence-corrected chi connectivity index (χ4v) is 1.46. The van der Waals surface area contributed by atoms with Gasteiger partial charge in [-0.05, 0) is 12.0 Å². The van der Waals surface area contributed by atoms with Gasteiger partial charge in [0.05, 0.1) is 0 Å². The summed E-state index contributed by atoms with van der Waals surface area (Å²) >= 11 is 3.36. The molecular formula is C10H11BrF2. The van der Waals surface area contributed by atoms with E-state index in [0.29, 0.717) is 5.56 Å². The van der Waals surface area contributed by atoms with Crippen molar-refractivity contribution in [1.29, 1.82) is 0 Å². The molecule has 0 aliphatic rings. The van der Waals surface area contributed by atoms with Crippen molar-refractivity contribution in [3.63, 3.8) is 0 Å². The zero-order chi connectivity index (χ0) is 10.0. The maximum Gasteiger partial charge on any atom is 0.130 e. The van der Waals surface area contributed by atoms with Gasteiger partial charge < -0.3 is 0 Å². The lowest BCUT2D eigenvalue weighted by Gasteiger charge is -2.14. The van der Waals surface area contributed by atoms with Crippen molar-refractivity contribution < 1.29 is 8.78 Å². The van der Waals surface area contributed by atoms with Gasteiger partial charge in [-0.1, -0.05) is 35.8 Å². The predicted molar refractivity (Wildman–Crippen MR) is 52.9 cm³/mol. The first-order valence-corrected chi connectivity index (χ1v) is 5.03. The molecule has 0 saturated heterocycles. The van der Waals surface area contributed by atoms with E-state index >= 15 is 0 Å². The van der Waals surface area contributed by atoms with E-state index in [1.54, 1.807) is 0 Å². The lowest BCUT2D eigenvalue weighted by molar-refractivity contribution is 0.550. The van der Waals surface area contributed by atoms with Crippen LogP contribution in [0.2, 0.25) is 0 Å². The van der Waals surface area contributed by atoms with E-state index in [0.717, 1.165) is 6.07 Å². The Hall–Kier alpha value is -0.440. The van der Waals surface area contributed by atoms with Gasteiger partial charge in [-0.25, -0.2) is 8.78 Å². The van der Waals surface area contributed by atoms with E-state index in [1.807, 2.05) is 13.8 Å². The van der Waals surface area contributed by atoms with Crippen molar-refractivity contribution in [2.24, 2.45) is 5.92 Å². The quantitative estimate of drug-likeness (QED) is 0.693. The Morgan fingerprint density at radius 2 is 1.85 bits per heavy atom. The molecule has 1 aromatic carbocycles. The molecular weight excluding hydrogens is 238 g/mol. The van der Waals surface area contributed by atoms with Gasteiger partial charge in [0.15, 0.2) is 0 Å². The molecule has 1 aromatic rings. The topological polar surface area (TPSA) is 0 Å². The predicted octanol–water partition coefficient (Wildman–Crippen LogP) is 4.06. The Balaban J connectivity index is 3.01. The molecule has 0 heterocycles. The summed E-state index contributed by atoms with van der Waals surface area (Å²) in [4.78, 5) is -0.0619. The first kappa shape index (κ1) is 10.6. The van der Waals surface area contributed by atoms with Gasteiger partial charge in [0, 0.05) is 16.5 Å². The molecule has 13 heavy (non-hydrogen) atoms. The Bertz CT molecular complexity index is 297. The van der Waals surface area contributed by atoms with Crippen molar-refractivity contribution in [2.45, 2.75) is 18.7 Å². The SMILES string of the molecule is CC(C)[C@H](Br)c1ccc(F)cc1F. The molecule has 0 aliphatic heterocycles. The van der Waals surface area contributed by atoms with Gasteiger partial charge in [0.1, 0.15) is 11.6 Å². The van der Waals surface area contributed by atoms with Gasteiger partial charge in [-0.15, -0.1) is 0 Å². The molecule has 1 rings (SSSR count). The van der Waals surface area contributed by atoms with Gasteiger partial charge >= 0.3 is 0 Å². The minimum Gasteiger partial charge on any atom is -0.207 e. The van der Waals surface area contributed by atoms with Crippen LogP contribution in [0, 0.1) is 17.6 Å². The second-order valence-corrected chi connectivity index (χ2v) is 4.30. The normalized spacial score (nSPS) is 13.4. The number of hydrogen-bond acceptors (Lipinski definition) is 0. The molecule has 0 radical (unpaired) electrons. The van der Waals surface area contributed by atoms with Crippen molar-refractivity contribution in [2.75, 3.05) is 0 Å². The molecule has 1 atom stereocenters. The molecule has 0 aliphatic carbocycles. The highest BCUT2D eigenvalue weighted by molar-refractivity contribution is 9.09. The van der Waals surface area contributed by atoms with E-state index in [2.05, 4.69) is 15.9 Å². The summed E-state index contributed by atoms with van der Waals surface area (Å²) in [5, 5.41) is 0. The van der Waals surface area contributed by atoms with Crippen molar-refractivity contribution in [3.05, 3.63) is 35.4 Å². The highest BCUT2D eigenvalue weighted by atomic mass is 79.9. The van der Waals surface area contributed by atoms with Crippen LogP contribution in [-0.2, 0) is 0 Å². The first-order valence-electron chi connectivity index (χ1n) is 4.11. The molecule has 0 aromatic heterocycles. The van der Waals surface area contributed by atoms with E-state index in [-0.39, 0.29) is 10.7 Å². The molecule has 0 spiro atoms. The van der Waals surface area contributed by atoms with E-state index in [9.17, 15) is 8.78 Å². The first-order chi connectivity index (χ1) is 6.02. The largest absolute Gasteiger partial charge is 0.207 e.